The monoisotopic (exact) mass is 386 g/mol. The van der Waals surface area contributed by atoms with Gasteiger partial charge in [-0.1, -0.05) is 44.2 Å². The molecule has 7 heteroatoms. The summed E-state index contributed by atoms with van der Waals surface area (Å²) in [6.07, 6.45) is 0. The lowest BCUT2D eigenvalue weighted by molar-refractivity contribution is -0.385. The third-order valence-electron chi connectivity index (χ3n) is 4.54. The summed E-state index contributed by atoms with van der Waals surface area (Å²) in [4.78, 5) is 23.6. The second-order valence-electron chi connectivity index (χ2n) is 6.68. The normalized spacial score (nSPS) is 11.8. The van der Waals surface area contributed by atoms with Gasteiger partial charge in [-0.05, 0) is 18.4 Å². The van der Waals surface area contributed by atoms with Crippen molar-refractivity contribution in [1.29, 1.82) is 0 Å². The molecule has 2 rings (SSSR count). The molecule has 0 saturated heterocycles. The highest BCUT2D eigenvalue weighted by Crippen LogP contribution is 2.35. The molecule has 1 unspecified atom stereocenters. The molecule has 0 aromatic heterocycles. The minimum Gasteiger partial charge on any atom is -0.493 e. The maximum Gasteiger partial charge on any atom is 0.286 e. The molecular weight excluding hydrogens is 360 g/mol. The topological polar surface area (TPSA) is 90.7 Å². The molecule has 0 aliphatic carbocycles. The van der Waals surface area contributed by atoms with E-state index in [9.17, 15) is 14.9 Å². The van der Waals surface area contributed by atoms with Crippen LogP contribution in [-0.2, 0) is 0 Å². The van der Waals surface area contributed by atoms with E-state index in [0.717, 1.165) is 5.56 Å². The second-order valence-corrected chi connectivity index (χ2v) is 6.68. The number of ether oxygens (including phenoxy) is 2. The minimum absolute atomic E-state index is 0.0547. The van der Waals surface area contributed by atoms with Crippen molar-refractivity contribution < 1.29 is 19.2 Å². The summed E-state index contributed by atoms with van der Waals surface area (Å²) < 4.78 is 10.6. The summed E-state index contributed by atoms with van der Waals surface area (Å²) in [5, 5.41) is 14.3. The summed E-state index contributed by atoms with van der Waals surface area (Å²) in [6, 6.07) is 12.5. The van der Waals surface area contributed by atoms with Gasteiger partial charge in [0.1, 0.15) is 5.56 Å². The first-order valence-corrected chi connectivity index (χ1v) is 9.21. The highest BCUT2D eigenvalue weighted by Gasteiger charge is 2.26. The van der Waals surface area contributed by atoms with Crippen LogP contribution >= 0.6 is 0 Å². The van der Waals surface area contributed by atoms with Crippen LogP contribution in [0.3, 0.4) is 0 Å². The van der Waals surface area contributed by atoms with Crippen LogP contribution in [0.15, 0.2) is 42.5 Å². The molecule has 28 heavy (non-hydrogen) atoms. The molecule has 0 aliphatic rings. The van der Waals surface area contributed by atoms with Gasteiger partial charge in [-0.3, -0.25) is 14.9 Å². The zero-order valence-corrected chi connectivity index (χ0v) is 16.6. The molecule has 0 bridgehead atoms. The Kier molecular flexibility index (Phi) is 7.37. The first kappa shape index (κ1) is 21.2. The van der Waals surface area contributed by atoms with Crippen molar-refractivity contribution in [3.05, 3.63) is 63.7 Å². The average molecular weight is 386 g/mol. The van der Waals surface area contributed by atoms with E-state index in [1.165, 1.54) is 19.2 Å². The fraction of sp³-hybridized carbons (Fsp3) is 0.381. The summed E-state index contributed by atoms with van der Waals surface area (Å²) in [7, 11) is 1.43. The molecule has 7 nitrogen and oxygen atoms in total. The zero-order chi connectivity index (χ0) is 20.7. The molecule has 1 atom stereocenters. The van der Waals surface area contributed by atoms with Crippen LogP contribution in [0.2, 0.25) is 0 Å². The van der Waals surface area contributed by atoms with Gasteiger partial charge in [0.25, 0.3) is 11.6 Å². The molecular formula is C21H26N2O5. The maximum atomic E-state index is 12.8. The predicted molar refractivity (Wildman–Crippen MR) is 107 cm³/mol. The van der Waals surface area contributed by atoms with Crippen LogP contribution in [0.5, 0.6) is 11.5 Å². The van der Waals surface area contributed by atoms with E-state index in [0.29, 0.717) is 13.2 Å². The molecule has 0 aliphatic heterocycles. The lowest BCUT2D eigenvalue weighted by Gasteiger charge is -2.22. The van der Waals surface area contributed by atoms with Crippen LogP contribution in [0.4, 0.5) is 5.69 Å². The van der Waals surface area contributed by atoms with Crippen LogP contribution in [0.1, 0.15) is 42.6 Å². The van der Waals surface area contributed by atoms with Crippen molar-refractivity contribution in [3.8, 4) is 11.5 Å². The van der Waals surface area contributed by atoms with E-state index >= 15 is 0 Å². The number of carbonyl (C=O) groups is 1. The Labute approximate surface area is 164 Å². The quantitative estimate of drug-likeness (QED) is 0.516. The van der Waals surface area contributed by atoms with Gasteiger partial charge in [-0.15, -0.1) is 0 Å². The predicted octanol–water partition coefficient (Wildman–Crippen LogP) is 4.17. The van der Waals surface area contributed by atoms with Crippen molar-refractivity contribution >= 4 is 11.6 Å². The number of carbonyl (C=O) groups excluding carboxylic acids is 1. The molecule has 150 valence electrons. The number of rotatable bonds is 9. The molecule has 0 spiro atoms. The summed E-state index contributed by atoms with van der Waals surface area (Å²) >= 11 is 0. The number of nitro groups is 1. The number of nitro benzene ring substituents is 1. The smallest absolute Gasteiger partial charge is 0.286 e. The number of hydrogen-bond acceptors (Lipinski definition) is 5. The Bertz CT molecular complexity index is 821. The van der Waals surface area contributed by atoms with Crippen LogP contribution < -0.4 is 14.8 Å². The summed E-state index contributed by atoms with van der Waals surface area (Å²) in [6.45, 7) is 6.61. The van der Waals surface area contributed by atoms with Crippen LogP contribution in [-0.4, -0.2) is 31.1 Å². The molecule has 1 N–H and O–H groups in total. The average Bonchev–Trinajstić information content (AvgIpc) is 2.68. The van der Waals surface area contributed by atoms with Gasteiger partial charge in [-0.25, -0.2) is 0 Å². The van der Waals surface area contributed by atoms with E-state index < -0.39 is 10.8 Å². The van der Waals surface area contributed by atoms with Crippen molar-refractivity contribution in [2.24, 2.45) is 5.92 Å². The highest BCUT2D eigenvalue weighted by molar-refractivity contribution is 5.99. The number of hydrogen-bond donors (Lipinski definition) is 1. The molecule has 2 aromatic rings. The van der Waals surface area contributed by atoms with Gasteiger partial charge in [0.2, 0.25) is 0 Å². The number of benzene rings is 2. The van der Waals surface area contributed by atoms with Crippen LogP contribution in [0, 0.1) is 16.0 Å². The van der Waals surface area contributed by atoms with Gasteiger partial charge in [0.15, 0.2) is 11.5 Å². The summed E-state index contributed by atoms with van der Waals surface area (Å²) in [5.74, 6) is 0.370. The molecule has 0 saturated carbocycles. The SMILES string of the molecule is CCOc1cc([N+](=O)[O-])c(C(=O)NCC(c2ccccc2)C(C)C)cc1OC. The minimum atomic E-state index is -0.589. The van der Waals surface area contributed by atoms with Gasteiger partial charge in [0.05, 0.1) is 24.7 Å². The molecule has 0 heterocycles. The molecule has 0 fully saturated rings. The molecule has 2 aromatic carbocycles. The van der Waals surface area contributed by atoms with Crippen molar-refractivity contribution in [1.82, 2.24) is 5.32 Å². The van der Waals surface area contributed by atoms with E-state index in [2.05, 4.69) is 19.2 Å². The molecule has 1 amide bonds. The Hall–Kier alpha value is -3.09. The third kappa shape index (κ3) is 5.00. The number of nitrogens with one attached hydrogen (secondary N) is 1. The van der Waals surface area contributed by atoms with Crippen LogP contribution in [0.25, 0.3) is 0 Å². The lowest BCUT2D eigenvalue weighted by atomic mass is 9.88. The van der Waals surface area contributed by atoms with Gasteiger partial charge in [-0.2, -0.15) is 0 Å². The molecule has 0 radical (unpaired) electrons. The lowest BCUT2D eigenvalue weighted by Crippen LogP contribution is -2.30. The standard InChI is InChI=1S/C21H26N2O5/c1-5-28-20-12-18(23(25)26)16(11-19(20)27-4)21(24)22-13-17(14(2)3)15-9-7-6-8-10-15/h6-12,14,17H,5,13H2,1-4H3,(H,22,24). The largest absolute Gasteiger partial charge is 0.493 e. The Balaban J connectivity index is 2.28. The third-order valence-corrected chi connectivity index (χ3v) is 4.54. The van der Waals surface area contributed by atoms with Crippen molar-refractivity contribution in [3.63, 3.8) is 0 Å². The zero-order valence-electron chi connectivity index (χ0n) is 16.6. The second kappa shape index (κ2) is 9.73. The van der Waals surface area contributed by atoms with E-state index in [4.69, 9.17) is 9.47 Å². The maximum absolute atomic E-state index is 12.8. The number of methoxy groups -OCH3 is 1. The summed E-state index contributed by atoms with van der Waals surface area (Å²) in [5.41, 5.74) is 0.736. The number of nitrogens with zero attached hydrogens (tertiary/aromatic N) is 1. The van der Waals surface area contributed by atoms with Crippen molar-refractivity contribution in [2.75, 3.05) is 20.3 Å². The van der Waals surface area contributed by atoms with Gasteiger partial charge >= 0.3 is 0 Å². The highest BCUT2D eigenvalue weighted by atomic mass is 16.6. The fourth-order valence-electron chi connectivity index (χ4n) is 3.05. The van der Waals surface area contributed by atoms with E-state index in [1.807, 2.05) is 30.3 Å². The Morgan fingerprint density at radius 1 is 1.18 bits per heavy atom. The first-order valence-electron chi connectivity index (χ1n) is 9.21. The Morgan fingerprint density at radius 3 is 2.39 bits per heavy atom. The van der Waals surface area contributed by atoms with Gasteiger partial charge < -0.3 is 14.8 Å². The number of amides is 1. The van der Waals surface area contributed by atoms with E-state index in [-0.39, 0.29) is 34.6 Å². The fourth-order valence-corrected chi connectivity index (χ4v) is 3.05. The van der Waals surface area contributed by atoms with E-state index in [1.54, 1.807) is 6.92 Å². The first-order chi connectivity index (χ1) is 13.4. The van der Waals surface area contributed by atoms with Crippen molar-refractivity contribution in [2.45, 2.75) is 26.7 Å². The van der Waals surface area contributed by atoms with Gasteiger partial charge in [0, 0.05) is 18.5 Å². The Morgan fingerprint density at radius 2 is 1.86 bits per heavy atom.